The third kappa shape index (κ3) is 7.13. The molecule has 0 aromatic heterocycles. The zero-order valence-corrected chi connectivity index (χ0v) is 20.2. The summed E-state index contributed by atoms with van der Waals surface area (Å²) in [5, 5.41) is 3.22. The fourth-order valence-corrected chi connectivity index (χ4v) is 5.22. The van der Waals surface area contributed by atoms with Gasteiger partial charge in [-0.25, -0.2) is 0 Å². The predicted octanol–water partition coefficient (Wildman–Crippen LogP) is 5.48. The van der Waals surface area contributed by atoms with Gasteiger partial charge in [-0.05, 0) is 42.9 Å². The molecule has 1 atom stereocenters. The fourth-order valence-electron chi connectivity index (χ4n) is 4.33. The van der Waals surface area contributed by atoms with Gasteiger partial charge in [0.1, 0.15) is 6.04 Å². The summed E-state index contributed by atoms with van der Waals surface area (Å²) in [5.41, 5.74) is 3.52. The molecule has 2 amide bonds. The van der Waals surface area contributed by atoms with Crippen molar-refractivity contribution in [3.63, 3.8) is 0 Å². The number of hydrogen-bond donors (Lipinski definition) is 1. The van der Waals surface area contributed by atoms with E-state index in [0.717, 1.165) is 35.5 Å². The first-order chi connectivity index (χ1) is 15.6. The lowest BCUT2D eigenvalue weighted by molar-refractivity contribution is -0.141. The normalized spacial score (nSPS) is 14.8. The van der Waals surface area contributed by atoms with Crippen LogP contribution in [0.15, 0.2) is 54.6 Å². The van der Waals surface area contributed by atoms with Crippen LogP contribution in [0, 0.1) is 6.92 Å². The average molecular weight is 453 g/mol. The quantitative estimate of drug-likeness (QED) is 0.459. The number of aryl methyl sites for hydroxylation is 1. The summed E-state index contributed by atoms with van der Waals surface area (Å²) >= 11 is 1.77. The topological polar surface area (TPSA) is 49.4 Å². The van der Waals surface area contributed by atoms with Gasteiger partial charge in [0.05, 0.1) is 0 Å². The summed E-state index contributed by atoms with van der Waals surface area (Å²) in [5.74, 6) is 1.70. The number of thioether (sulfide) groups is 1. The second-order valence-electron chi connectivity index (χ2n) is 8.65. The van der Waals surface area contributed by atoms with Crippen LogP contribution >= 0.6 is 11.8 Å². The highest BCUT2D eigenvalue weighted by molar-refractivity contribution is 7.98. The number of nitrogens with one attached hydrogen (secondary N) is 1. The number of benzene rings is 2. The largest absolute Gasteiger partial charge is 0.352 e. The van der Waals surface area contributed by atoms with E-state index in [2.05, 4.69) is 36.5 Å². The summed E-state index contributed by atoms with van der Waals surface area (Å²) in [4.78, 5) is 28.3. The van der Waals surface area contributed by atoms with E-state index in [1.54, 1.807) is 11.8 Å². The second-order valence-corrected chi connectivity index (χ2v) is 9.76. The molecule has 1 aliphatic rings. The first-order valence-electron chi connectivity index (χ1n) is 11.8. The van der Waals surface area contributed by atoms with E-state index in [1.807, 2.05) is 42.2 Å². The summed E-state index contributed by atoms with van der Waals surface area (Å²) in [6, 6.07) is 18.3. The lowest BCUT2D eigenvalue weighted by Gasteiger charge is -2.32. The summed E-state index contributed by atoms with van der Waals surface area (Å²) < 4.78 is 0. The van der Waals surface area contributed by atoms with Crippen LogP contribution in [0.2, 0.25) is 0 Å². The minimum absolute atomic E-state index is 0.00160. The van der Waals surface area contributed by atoms with Crippen molar-refractivity contribution in [1.82, 2.24) is 10.2 Å². The lowest BCUT2D eigenvalue weighted by Crippen LogP contribution is -2.51. The number of rotatable bonds is 11. The molecule has 32 heavy (non-hydrogen) atoms. The van der Waals surface area contributed by atoms with Crippen LogP contribution < -0.4 is 5.32 Å². The zero-order valence-electron chi connectivity index (χ0n) is 19.4. The van der Waals surface area contributed by atoms with Crippen molar-refractivity contribution in [2.24, 2.45) is 0 Å². The summed E-state index contributed by atoms with van der Waals surface area (Å²) in [7, 11) is 0. The molecule has 0 spiro atoms. The van der Waals surface area contributed by atoms with Gasteiger partial charge in [-0.2, -0.15) is 11.8 Å². The highest BCUT2D eigenvalue weighted by atomic mass is 32.2. The van der Waals surface area contributed by atoms with Gasteiger partial charge in [0.2, 0.25) is 11.8 Å². The van der Waals surface area contributed by atoms with Crippen LogP contribution in [0.3, 0.4) is 0 Å². The molecule has 1 N–H and O–H groups in total. The van der Waals surface area contributed by atoms with Gasteiger partial charge in [0.25, 0.3) is 0 Å². The number of amides is 2. The number of nitrogens with zero attached hydrogens (tertiary/aromatic N) is 1. The second kappa shape index (κ2) is 12.7. The fraction of sp³-hybridized carbons (Fsp3) is 0.481. The van der Waals surface area contributed by atoms with Gasteiger partial charge in [0.15, 0.2) is 0 Å². The van der Waals surface area contributed by atoms with Crippen molar-refractivity contribution in [3.8, 4) is 0 Å². The third-order valence-corrected chi connectivity index (χ3v) is 7.29. The molecular weight excluding hydrogens is 416 g/mol. The van der Waals surface area contributed by atoms with Crippen LogP contribution in [0.25, 0.3) is 0 Å². The molecule has 4 nitrogen and oxygen atoms in total. The third-order valence-electron chi connectivity index (χ3n) is 6.26. The van der Waals surface area contributed by atoms with Crippen molar-refractivity contribution >= 4 is 23.6 Å². The highest BCUT2D eigenvalue weighted by Crippen LogP contribution is 2.21. The van der Waals surface area contributed by atoms with Crippen LogP contribution in [0.5, 0.6) is 0 Å². The molecule has 0 radical (unpaired) electrons. The van der Waals surface area contributed by atoms with Crippen LogP contribution in [0.4, 0.5) is 0 Å². The molecule has 0 heterocycles. The minimum atomic E-state index is -0.429. The Kier molecular flexibility index (Phi) is 9.66. The molecular formula is C27H36N2O2S. The van der Waals surface area contributed by atoms with E-state index >= 15 is 0 Å². The van der Waals surface area contributed by atoms with Crippen molar-refractivity contribution in [3.05, 3.63) is 71.3 Å². The van der Waals surface area contributed by atoms with Crippen LogP contribution in [0.1, 0.15) is 62.1 Å². The molecule has 0 saturated heterocycles. The number of carbonyl (C=O) groups excluding carboxylic acids is 2. The van der Waals surface area contributed by atoms with E-state index in [-0.39, 0.29) is 17.9 Å². The van der Waals surface area contributed by atoms with Crippen molar-refractivity contribution in [1.29, 1.82) is 0 Å². The van der Waals surface area contributed by atoms with Gasteiger partial charge >= 0.3 is 0 Å². The molecule has 1 aliphatic carbocycles. The Morgan fingerprint density at radius 1 is 1.06 bits per heavy atom. The molecule has 1 saturated carbocycles. The van der Waals surface area contributed by atoms with E-state index in [9.17, 15) is 9.59 Å². The van der Waals surface area contributed by atoms with Gasteiger partial charge in [-0.1, -0.05) is 74.4 Å². The molecule has 1 fully saturated rings. The van der Waals surface area contributed by atoms with Crippen LogP contribution in [-0.2, 0) is 21.9 Å². The van der Waals surface area contributed by atoms with Gasteiger partial charge in [-0.15, -0.1) is 0 Å². The van der Waals surface area contributed by atoms with E-state index in [1.165, 1.54) is 18.4 Å². The van der Waals surface area contributed by atoms with E-state index in [0.29, 0.717) is 19.4 Å². The molecule has 0 unspecified atom stereocenters. The molecule has 172 valence electrons. The van der Waals surface area contributed by atoms with Gasteiger partial charge in [0, 0.05) is 30.5 Å². The maximum Gasteiger partial charge on any atom is 0.243 e. The Labute approximate surface area is 197 Å². The Hall–Kier alpha value is -2.27. The Morgan fingerprint density at radius 2 is 1.75 bits per heavy atom. The summed E-state index contributed by atoms with van der Waals surface area (Å²) in [6.07, 6.45) is 5.50. The number of carbonyl (C=O) groups is 2. The van der Waals surface area contributed by atoms with E-state index in [4.69, 9.17) is 0 Å². The Bertz CT molecular complexity index is 865. The zero-order chi connectivity index (χ0) is 22.8. The maximum absolute atomic E-state index is 13.3. The molecule has 0 bridgehead atoms. The van der Waals surface area contributed by atoms with Crippen LogP contribution in [-0.4, -0.2) is 34.6 Å². The molecule has 5 heteroatoms. The molecule has 0 aliphatic heterocycles. The van der Waals surface area contributed by atoms with Crippen molar-refractivity contribution in [2.45, 2.75) is 76.8 Å². The summed E-state index contributed by atoms with van der Waals surface area (Å²) in [6.45, 7) is 4.54. The Morgan fingerprint density at radius 3 is 2.44 bits per heavy atom. The predicted molar refractivity (Wildman–Crippen MR) is 133 cm³/mol. The monoisotopic (exact) mass is 452 g/mol. The van der Waals surface area contributed by atoms with Gasteiger partial charge < -0.3 is 10.2 Å². The minimum Gasteiger partial charge on any atom is -0.352 e. The molecule has 3 rings (SSSR count). The standard InChI is InChI=1S/C27H36N2O2S/c1-3-25(27(31)28-24-15-9-10-16-24)29(19-23-14-8-7-11-21(23)2)26(30)17-18-32-20-22-12-5-4-6-13-22/h4-8,11-14,24-25H,3,9-10,15-20H2,1-2H3,(H,28,31)/t25-/m0/s1. The maximum atomic E-state index is 13.3. The molecule has 2 aromatic rings. The average Bonchev–Trinajstić information content (AvgIpc) is 3.31. The highest BCUT2D eigenvalue weighted by Gasteiger charge is 2.30. The Balaban J connectivity index is 1.66. The number of hydrogen-bond acceptors (Lipinski definition) is 3. The first kappa shape index (κ1) is 24.4. The molecule has 2 aromatic carbocycles. The first-order valence-corrected chi connectivity index (χ1v) is 13.0. The van der Waals surface area contributed by atoms with Gasteiger partial charge in [-0.3, -0.25) is 9.59 Å². The van der Waals surface area contributed by atoms with E-state index < -0.39 is 6.04 Å². The SMILES string of the molecule is CC[C@@H](C(=O)NC1CCCC1)N(Cc1ccccc1C)C(=O)CCSCc1ccccc1. The van der Waals surface area contributed by atoms with Crippen molar-refractivity contribution in [2.75, 3.05) is 5.75 Å². The van der Waals surface area contributed by atoms with Crippen molar-refractivity contribution < 1.29 is 9.59 Å². The lowest BCUT2D eigenvalue weighted by atomic mass is 10.1. The smallest absolute Gasteiger partial charge is 0.243 e.